The van der Waals surface area contributed by atoms with Crippen molar-refractivity contribution in [2.24, 2.45) is 11.5 Å². The first kappa shape index (κ1) is 19.4. The molecule has 0 aliphatic rings. The van der Waals surface area contributed by atoms with Crippen LogP contribution in [0.5, 0.6) is 0 Å². The van der Waals surface area contributed by atoms with E-state index in [0.29, 0.717) is 32.2 Å². The minimum atomic E-state index is -0.633. The lowest BCUT2D eigenvalue weighted by atomic mass is 10.1. The summed E-state index contributed by atoms with van der Waals surface area (Å²) in [6, 6.07) is 4.89. The highest BCUT2D eigenvalue weighted by Crippen LogP contribution is 2.09. The summed E-state index contributed by atoms with van der Waals surface area (Å²) < 4.78 is 0. The number of nitrogens with one attached hydrogen (secondary N) is 1. The van der Waals surface area contributed by atoms with E-state index >= 15 is 0 Å². The van der Waals surface area contributed by atoms with Gasteiger partial charge in [-0.3, -0.25) is 14.6 Å². The van der Waals surface area contributed by atoms with E-state index in [4.69, 9.17) is 11.5 Å². The van der Waals surface area contributed by atoms with Crippen LogP contribution in [0.2, 0.25) is 0 Å². The fourth-order valence-electron chi connectivity index (χ4n) is 2.26. The van der Waals surface area contributed by atoms with Gasteiger partial charge in [0.05, 0.1) is 0 Å². The number of nitrogens with two attached hydrogens (primary N) is 2. The predicted molar refractivity (Wildman–Crippen MR) is 89.5 cm³/mol. The lowest BCUT2D eigenvalue weighted by molar-refractivity contribution is -0.122. The van der Waals surface area contributed by atoms with Crippen LogP contribution in [0.25, 0.3) is 0 Å². The molecule has 5 N–H and O–H groups in total. The summed E-state index contributed by atoms with van der Waals surface area (Å²) in [5.41, 5.74) is 11.4. The van der Waals surface area contributed by atoms with Gasteiger partial charge in [-0.05, 0) is 25.0 Å². The summed E-state index contributed by atoms with van der Waals surface area (Å²) in [5.74, 6) is -0.613. The van der Waals surface area contributed by atoms with Gasteiger partial charge in [-0.2, -0.15) is 0 Å². The predicted octanol–water partition coefficient (Wildman–Crippen LogP) is 0.513. The molecule has 0 spiro atoms. The van der Waals surface area contributed by atoms with Gasteiger partial charge in [-0.25, -0.2) is 4.79 Å². The molecule has 1 atom stereocenters. The van der Waals surface area contributed by atoms with Gasteiger partial charge in [0, 0.05) is 37.7 Å². The smallest absolute Gasteiger partial charge is 0.316 e. The van der Waals surface area contributed by atoms with Gasteiger partial charge in [0.15, 0.2) is 0 Å². The third kappa shape index (κ3) is 7.08. The van der Waals surface area contributed by atoms with Crippen molar-refractivity contribution < 1.29 is 14.4 Å². The second kappa shape index (κ2) is 10.2. The fraction of sp³-hybridized carbons (Fsp3) is 0.500. The van der Waals surface area contributed by atoms with E-state index in [-0.39, 0.29) is 12.3 Å². The standard InChI is InChI=1S/C16H25N5O3/c1-2-15(23)20-14(8-5-7-13(17)22)21(16(18)24)11-9-12-6-3-4-10-19-12/h3-4,6,10,14H,2,5,7-9,11H2,1H3,(H2,17,22)(H2,18,24)(H,20,23). The molecule has 0 bridgehead atoms. The van der Waals surface area contributed by atoms with Crippen LogP contribution in [0.15, 0.2) is 24.4 Å². The molecule has 24 heavy (non-hydrogen) atoms. The molecular formula is C16H25N5O3. The summed E-state index contributed by atoms with van der Waals surface area (Å²) in [4.78, 5) is 40.0. The molecule has 0 saturated heterocycles. The number of pyridine rings is 1. The number of primary amides is 2. The number of hydrogen-bond donors (Lipinski definition) is 3. The molecule has 1 aromatic rings. The zero-order valence-electron chi connectivity index (χ0n) is 13.9. The van der Waals surface area contributed by atoms with Crippen LogP contribution in [0.4, 0.5) is 4.79 Å². The molecule has 1 aromatic heterocycles. The van der Waals surface area contributed by atoms with Crippen molar-refractivity contribution in [2.75, 3.05) is 6.54 Å². The third-order valence-electron chi connectivity index (χ3n) is 3.54. The van der Waals surface area contributed by atoms with Gasteiger partial charge in [0.2, 0.25) is 11.8 Å². The number of hydrogen-bond acceptors (Lipinski definition) is 4. The summed E-state index contributed by atoms with van der Waals surface area (Å²) in [5, 5.41) is 2.77. The Labute approximate surface area is 141 Å². The van der Waals surface area contributed by atoms with E-state index in [0.717, 1.165) is 5.69 Å². The first-order valence-electron chi connectivity index (χ1n) is 7.97. The van der Waals surface area contributed by atoms with E-state index in [1.807, 2.05) is 18.2 Å². The highest BCUT2D eigenvalue weighted by Gasteiger charge is 2.23. The van der Waals surface area contributed by atoms with Crippen molar-refractivity contribution in [1.82, 2.24) is 15.2 Å². The lowest BCUT2D eigenvalue weighted by Crippen LogP contribution is -2.53. The van der Waals surface area contributed by atoms with Gasteiger partial charge < -0.3 is 21.7 Å². The van der Waals surface area contributed by atoms with Crippen molar-refractivity contribution in [3.8, 4) is 0 Å². The number of carbonyl (C=O) groups is 3. The normalized spacial score (nSPS) is 11.5. The molecule has 0 saturated carbocycles. The maximum atomic E-state index is 11.8. The van der Waals surface area contributed by atoms with Crippen molar-refractivity contribution in [1.29, 1.82) is 0 Å². The van der Waals surface area contributed by atoms with Gasteiger partial charge in [-0.15, -0.1) is 0 Å². The summed E-state index contributed by atoms with van der Waals surface area (Å²) in [7, 11) is 0. The summed E-state index contributed by atoms with van der Waals surface area (Å²) in [6.07, 6.45) is 2.95. The van der Waals surface area contributed by atoms with E-state index in [1.54, 1.807) is 13.1 Å². The molecule has 0 aliphatic carbocycles. The third-order valence-corrected chi connectivity index (χ3v) is 3.54. The van der Waals surface area contributed by atoms with Crippen molar-refractivity contribution in [2.45, 2.75) is 45.2 Å². The Morgan fingerprint density at radius 3 is 2.58 bits per heavy atom. The molecular weight excluding hydrogens is 310 g/mol. The van der Waals surface area contributed by atoms with Gasteiger partial charge in [0.25, 0.3) is 0 Å². The first-order chi connectivity index (χ1) is 11.4. The highest BCUT2D eigenvalue weighted by atomic mass is 16.2. The van der Waals surface area contributed by atoms with Gasteiger partial charge in [0.1, 0.15) is 6.17 Å². The van der Waals surface area contributed by atoms with Gasteiger partial charge >= 0.3 is 6.03 Å². The lowest BCUT2D eigenvalue weighted by Gasteiger charge is -2.31. The molecule has 1 heterocycles. The van der Waals surface area contributed by atoms with Crippen LogP contribution < -0.4 is 16.8 Å². The Morgan fingerprint density at radius 2 is 2.04 bits per heavy atom. The Bertz CT molecular complexity index is 550. The Kier molecular flexibility index (Phi) is 8.24. The van der Waals surface area contributed by atoms with Crippen LogP contribution in [-0.2, 0) is 16.0 Å². The molecule has 1 rings (SSSR count). The number of rotatable bonds is 10. The largest absolute Gasteiger partial charge is 0.370 e. The zero-order valence-corrected chi connectivity index (χ0v) is 13.9. The van der Waals surface area contributed by atoms with Crippen LogP contribution in [-0.4, -0.2) is 40.4 Å². The maximum Gasteiger partial charge on any atom is 0.316 e. The molecule has 4 amide bonds. The summed E-state index contributed by atoms with van der Waals surface area (Å²) >= 11 is 0. The number of aromatic nitrogens is 1. The SMILES string of the molecule is CCC(=O)NC(CCCC(N)=O)N(CCc1ccccn1)C(N)=O. The van der Waals surface area contributed by atoms with E-state index in [1.165, 1.54) is 4.90 Å². The molecule has 132 valence electrons. The molecule has 8 nitrogen and oxygen atoms in total. The topological polar surface area (TPSA) is 131 Å². The molecule has 0 radical (unpaired) electrons. The Morgan fingerprint density at radius 1 is 1.29 bits per heavy atom. The molecule has 8 heteroatoms. The van der Waals surface area contributed by atoms with E-state index in [9.17, 15) is 14.4 Å². The first-order valence-corrected chi connectivity index (χ1v) is 7.97. The fourth-order valence-corrected chi connectivity index (χ4v) is 2.26. The van der Waals surface area contributed by atoms with Crippen LogP contribution in [0.3, 0.4) is 0 Å². The zero-order chi connectivity index (χ0) is 17.9. The van der Waals surface area contributed by atoms with Gasteiger partial charge in [-0.1, -0.05) is 13.0 Å². The second-order valence-corrected chi connectivity index (χ2v) is 5.40. The van der Waals surface area contributed by atoms with E-state index < -0.39 is 18.1 Å². The average molecular weight is 335 g/mol. The molecule has 0 fully saturated rings. The molecule has 0 aliphatic heterocycles. The molecule has 1 unspecified atom stereocenters. The van der Waals surface area contributed by atoms with Crippen molar-refractivity contribution >= 4 is 17.8 Å². The second-order valence-electron chi connectivity index (χ2n) is 5.40. The Balaban J connectivity index is 2.75. The minimum absolute atomic E-state index is 0.186. The van der Waals surface area contributed by atoms with Crippen LogP contribution >= 0.6 is 0 Å². The number of nitrogens with zero attached hydrogens (tertiary/aromatic N) is 2. The Hall–Kier alpha value is -2.64. The summed E-state index contributed by atoms with van der Waals surface area (Å²) in [6.45, 7) is 2.04. The van der Waals surface area contributed by atoms with Crippen molar-refractivity contribution in [3.63, 3.8) is 0 Å². The van der Waals surface area contributed by atoms with Crippen molar-refractivity contribution in [3.05, 3.63) is 30.1 Å². The highest BCUT2D eigenvalue weighted by molar-refractivity contribution is 5.77. The number of amides is 4. The number of carbonyl (C=O) groups excluding carboxylic acids is 3. The monoisotopic (exact) mass is 335 g/mol. The van der Waals surface area contributed by atoms with E-state index in [2.05, 4.69) is 10.3 Å². The minimum Gasteiger partial charge on any atom is -0.370 e. The van der Waals surface area contributed by atoms with Crippen LogP contribution in [0, 0.1) is 0 Å². The maximum absolute atomic E-state index is 11.8. The van der Waals surface area contributed by atoms with Crippen LogP contribution in [0.1, 0.15) is 38.3 Å². The number of urea groups is 1. The molecule has 0 aromatic carbocycles. The quantitative estimate of drug-likeness (QED) is 0.538. The average Bonchev–Trinajstić information content (AvgIpc) is 2.54.